The van der Waals surface area contributed by atoms with Gasteiger partial charge in [0.2, 0.25) is 11.8 Å². The van der Waals surface area contributed by atoms with Crippen molar-refractivity contribution >= 4 is 11.8 Å². The molecule has 1 aromatic carbocycles. The summed E-state index contributed by atoms with van der Waals surface area (Å²) < 4.78 is 11.0. The van der Waals surface area contributed by atoms with Crippen molar-refractivity contribution in [2.75, 3.05) is 39.9 Å². The van der Waals surface area contributed by atoms with Gasteiger partial charge in [-0.05, 0) is 50.7 Å². The van der Waals surface area contributed by atoms with Gasteiger partial charge >= 0.3 is 0 Å². The Hall–Kier alpha value is -2.75. The molecule has 3 rings (SSSR count). The third-order valence-electron chi connectivity index (χ3n) is 5.95. The average Bonchev–Trinajstić information content (AvgIpc) is 2.81. The molecule has 1 aromatic rings. The van der Waals surface area contributed by atoms with Crippen molar-refractivity contribution in [3.8, 4) is 17.6 Å². The van der Waals surface area contributed by atoms with Crippen LogP contribution in [0.5, 0.6) is 11.5 Å². The fraction of sp³-hybridized carbons (Fsp3) is 0.609. The number of nitriles is 1. The first-order valence-electron chi connectivity index (χ1n) is 10.9. The summed E-state index contributed by atoms with van der Waals surface area (Å²) in [6.07, 6.45) is 6.00. The van der Waals surface area contributed by atoms with Crippen LogP contribution in [0.4, 0.5) is 0 Å². The maximum Gasteiger partial charge on any atom is 0.225 e. The zero-order valence-electron chi connectivity index (χ0n) is 17.8. The fourth-order valence-electron chi connectivity index (χ4n) is 4.17. The van der Waals surface area contributed by atoms with Crippen LogP contribution in [0, 0.1) is 17.2 Å². The number of hydrogen-bond donors (Lipinski definition) is 0. The van der Waals surface area contributed by atoms with Crippen LogP contribution in [0.15, 0.2) is 18.2 Å². The van der Waals surface area contributed by atoms with Gasteiger partial charge in [-0.1, -0.05) is 0 Å². The van der Waals surface area contributed by atoms with Crippen molar-refractivity contribution < 1.29 is 19.1 Å². The van der Waals surface area contributed by atoms with E-state index in [2.05, 4.69) is 6.07 Å². The molecule has 0 aromatic heterocycles. The highest BCUT2D eigenvalue weighted by atomic mass is 16.5. The van der Waals surface area contributed by atoms with Gasteiger partial charge in [-0.15, -0.1) is 0 Å². The van der Waals surface area contributed by atoms with Crippen molar-refractivity contribution in [3.05, 3.63) is 23.8 Å². The monoisotopic (exact) mass is 413 g/mol. The Labute approximate surface area is 178 Å². The number of carbonyl (C=O) groups is 2. The van der Waals surface area contributed by atoms with E-state index in [-0.39, 0.29) is 17.7 Å². The zero-order chi connectivity index (χ0) is 21.3. The minimum Gasteiger partial charge on any atom is -0.493 e. The van der Waals surface area contributed by atoms with Gasteiger partial charge in [0.15, 0.2) is 11.5 Å². The molecule has 0 spiro atoms. The van der Waals surface area contributed by atoms with Gasteiger partial charge in [0, 0.05) is 44.6 Å². The number of likely N-dealkylation sites (tertiary alicyclic amines) is 2. The molecular formula is C23H31N3O4. The maximum atomic E-state index is 12.6. The molecule has 7 heteroatoms. The Morgan fingerprint density at radius 3 is 2.47 bits per heavy atom. The quantitative estimate of drug-likeness (QED) is 0.642. The van der Waals surface area contributed by atoms with E-state index in [4.69, 9.17) is 14.7 Å². The predicted molar refractivity (Wildman–Crippen MR) is 112 cm³/mol. The van der Waals surface area contributed by atoms with Crippen LogP contribution < -0.4 is 9.47 Å². The summed E-state index contributed by atoms with van der Waals surface area (Å²) in [4.78, 5) is 29.0. The van der Waals surface area contributed by atoms with E-state index < -0.39 is 0 Å². The van der Waals surface area contributed by atoms with Crippen molar-refractivity contribution in [3.63, 3.8) is 0 Å². The second-order valence-electron chi connectivity index (χ2n) is 7.97. The summed E-state index contributed by atoms with van der Waals surface area (Å²) in [5.74, 6) is 1.56. The van der Waals surface area contributed by atoms with Crippen molar-refractivity contribution in [1.29, 1.82) is 5.26 Å². The number of benzene rings is 1. The largest absolute Gasteiger partial charge is 0.493 e. The standard InChI is InChI=1S/C23H31N3O4/c1-29-21-16-18(17-24)7-8-20(21)30-15-5-6-22(27)25-13-9-19(10-14-25)23(28)26-11-3-2-4-12-26/h7-8,16,19H,2-6,9-15H2,1H3. The zero-order valence-corrected chi connectivity index (χ0v) is 17.8. The Balaban J connectivity index is 1.37. The molecule has 0 N–H and O–H groups in total. The third kappa shape index (κ3) is 5.65. The SMILES string of the molecule is COc1cc(C#N)ccc1OCCCC(=O)N1CCC(C(=O)N2CCCCC2)CC1. The minimum atomic E-state index is 0.0688. The van der Waals surface area contributed by atoms with E-state index in [0.717, 1.165) is 38.8 Å². The van der Waals surface area contributed by atoms with Gasteiger partial charge in [-0.25, -0.2) is 0 Å². The van der Waals surface area contributed by atoms with Gasteiger partial charge in [-0.3, -0.25) is 9.59 Å². The number of rotatable bonds is 7. The molecule has 2 fully saturated rings. The molecule has 30 heavy (non-hydrogen) atoms. The summed E-state index contributed by atoms with van der Waals surface area (Å²) >= 11 is 0. The molecule has 0 aliphatic carbocycles. The van der Waals surface area contributed by atoms with Crippen LogP contribution in [-0.4, -0.2) is 61.5 Å². The molecule has 162 valence electrons. The van der Waals surface area contributed by atoms with Gasteiger partial charge in [0.1, 0.15) is 0 Å². The van der Waals surface area contributed by atoms with Gasteiger partial charge in [0.05, 0.1) is 25.3 Å². The minimum absolute atomic E-state index is 0.0688. The third-order valence-corrected chi connectivity index (χ3v) is 5.95. The number of ether oxygens (including phenoxy) is 2. The normalized spacial score (nSPS) is 17.3. The number of hydrogen-bond acceptors (Lipinski definition) is 5. The Bertz CT molecular complexity index is 775. The fourth-order valence-corrected chi connectivity index (χ4v) is 4.17. The topological polar surface area (TPSA) is 82.9 Å². The van der Waals surface area contributed by atoms with Crippen LogP contribution in [-0.2, 0) is 9.59 Å². The van der Waals surface area contributed by atoms with Crippen LogP contribution in [0.1, 0.15) is 50.5 Å². The number of amides is 2. The number of methoxy groups -OCH3 is 1. The Morgan fingerprint density at radius 2 is 1.80 bits per heavy atom. The summed E-state index contributed by atoms with van der Waals surface area (Å²) in [6, 6.07) is 7.09. The van der Waals surface area contributed by atoms with Crippen LogP contribution in [0.2, 0.25) is 0 Å². The van der Waals surface area contributed by atoms with E-state index in [0.29, 0.717) is 49.6 Å². The summed E-state index contributed by atoms with van der Waals surface area (Å²) in [5.41, 5.74) is 0.511. The first kappa shape index (κ1) is 21.9. The summed E-state index contributed by atoms with van der Waals surface area (Å²) in [6.45, 7) is 3.50. The molecular weight excluding hydrogens is 382 g/mol. The first-order chi connectivity index (χ1) is 14.6. The van der Waals surface area contributed by atoms with Crippen LogP contribution in [0.25, 0.3) is 0 Å². The Kier molecular flexibility index (Phi) is 7.95. The smallest absolute Gasteiger partial charge is 0.225 e. The van der Waals surface area contributed by atoms with Gasteiger partial charge in [0.25, 0.3) is 0 Å². The van der Waals surface area contributed by atoms with E-state index in [9.17, 15) is 9.59 Å². The molecule has 0 atom stereocenters. The van der Waals surface area contributed by atoms with Crippen molar-refractivity contribution in [2.45, 2.75) is 44.9 Å². The summed E-state index contributed by atoms with van der Waals surface area (Å²) in [5, 5.41) is 8.95. The molecule has 2 aliphatic rings. The number of nitrogens with zero attached hydrogens (tertiary/aromatic N) is 3. The van der Waals surface area contributed by atoms with E-state index >= 15 is 0 Å². The van der Waals surface area contributed by atoms with Crippen LogP contribution in [0.3, 0.4) is 0 Å². The highest BCUT2D eigenvalue weighted by Crippen LogP contribution is 2.28. The molecule has 7 nitrogen and oxygen atoms in total. The molecule has 2 aliphatic heterocycles. The second kappa shape index (κ2) is 10.9. The van der Waals surface area contributed by atoms with E-state index in [1.54, 1.807) is 18.2 Å². The van der Waals surface area contributed by atoms with E-state index in [1.165, 1.54) is 13.5 Å². The van der Waals surface area contributed by atoms with Crippen molar-refractivity contribution in [2.24, 2.45) is 5.92 Å². The Morgan fingerprint density at radius 1 is 1.07 bits per heavy atom. The number of carbonyl (C=O) groups excluding carboxylic acids is 2. The molecule has 0 unspecified atom stereocenters. The van der Waals surface area contributed by atoms with E-state index in [1.807, 2.05) is 9.80 Å². The lowest BCUT2D eigenvalue weighted by atomic mass is 9.94. The lowest BCUT2D eigenvalue weighted by Gasteiger charge is -2.35. The summed E-state index contributed by atoms with van der Waals surface area (Å²) in [7, 11) is 1.53. The highest BCUT2D eigenvalue weighted by molar-refractivity contribution is 5.80. The molecule has 0 bridgehead atoms. The predicted octanol–water partition coefficient (Wildman–Crippen LogP) is 2.98. The van der Waals surface area contributed by atoms with Crippen LogP contribution >= 0.6 is 0 Å². The molecule has 2 saturated heterocycles. The van der Waals surface area contributed by atoms with Crippen molar-refractivity contribution in [1.82, 2.24) is 9.80 Å². The molecule has 0 radical (unpaired) electrons. The second-order valence-corrected chi connectivity index (χ2v) is 7.97. The molecule has 2 amide bonds. The van der Waals surface area contributed by atoms with Gasteiger partial charge in [-0.2, -0.15) is 5.26 Å². The lowest BCUT2D eigenvalue weighted by Crippen LogP contribution is -2.45. The van der Waals surface area contributed by atoms with Gasteiger partial charge < -0.3 is 19.3 Å². The average molecular weight is 414 g/mol. The highest BCUT2D eigenvalue weighted by Gasteiger charge is 2.30. The molecule has 0 saturated carbocycles. The number of piperidine rings is 2. The maximum absolute atomic E-state index is 12.6. The molecule has 2 heterocycles. The first-order valence-corrected chi connectivity index (χ1v) is 10.9. The lowest BCUT2D eigenvalue weighted by molar-refractivity contribution is -0.141.